The van der Waals surface area contributed by atoms with Crippen molar-refractivity contribution in [2.24, 2.45) is 20.5 Å². The minimum atomic E-state index is -4.67. The Labute approximate surface area is 263 Å². The second kappa shape index (κ2) is 12.2. The molecule has 0 saturated carbocycles. The van der Waals surface area contributed by atoms with E-state index in [1.54, 1.807) is 74.5 Å². The molecule has 2 aromatic heterocycles. The quantitative estimate of drug-likeness (QED) is 0.113. The predicted molar refractivity (Wildman–Crippen MR) is 170 cm³/mol. The Bertz CT molecular complexity index is 2210. The smallest absolute Gasteiger partial charge is 0.295 e. The third-order valence-corrected chi connectivity index (χ3v) is 7.86. The number of rotatable bonds is 8. The first-order chi connectivity index (χ1) is 22.1. The zero-order valence-electron chi connectivity index (χ0n) is 24.5. The van der Waals surface area contributed by atoms with E-state index in [-0.39, 0.29) is 39.3 Å². The van der Waals surface area contributed by atoms with Crippen molar-refractivity contribution >= 4 is 32.9 Å². The van der Waals surface area contributed by atoms with E-state index in [1.165, 1.54) is 27.6 Å². The molecule has 0 bridgehead atoms. The maximum atomic E-state index is 12.4. The molecule has 6 rings (SSSR count). The van der Waals surface area contributed by atoms with Crippen molar-refractivity contribution in [1.29, 1.82) is 0 Å². The number of aryl methyl sites for hydroxylation is 2. The van der Waals surface area contributed by atoms with Gasteiger partial charge in [-0.15, -0.1) is 10.2 Å². The zero-order valence-corrected chi connectivity index (χ0v) is 25.3. The van der Waals surface area contributed by atoms with Gasteiger partial charge in [0.25, 0.3) is 10.1 Å². The van der Waals surface area contributed by atoms with E-state index in [9.17, 15) is 23.2 Å². The van der Waals surface area contributed by atoms with Gasteiger partial charge in [-0.2, -0.15) is 38.2 Å². The first-order valence-corrected chi connectivity index (χ1v) is 15.3. The summed E-state index contributed by atoms with van der Waals surface area (Å²) in [4.78, 5) is -0.381. The average molecular weight is 635 g/mol. The van der Waals surface area contributed by atoms with E-state index >= 15 is 0 Å². The topological polar surface area (TPSA) is 180 Å². The van der Waals surface area contributed by atoms with Crippen LogP contribution >= 0.6 is 0 Å². The molecule has 0 aliphatic heterocycles. The number of para-hydroxylation sites is 2. The second-order valence-electron chi connectivity index (χ2n) is 10.1. The van der Waals surface area contributed by atoms with E-state index in [4.69, 9.17) is 0 Å². The summed E-state index contributed by atoms with van der Waals surface area (Å²) < 4.78 is 37.5. The minimum absolute atomic E-state index is 0.113. The van der Waals surface area contributed by atoms with E-state index in [0.717, 1.165) is 0 Å². The lowest BCUT2D eigenvalue weighted by atomic mass is 10.0. The highest BCUT2D eigenvalue weighted by molar-refractivity contribution is 7.86. The second-order valence-corrected chi connectivity index (χ2v) is 11.5. The summed E-state index contributed by atoms with van der Waals surface area (Å²) >= 11 is 0. The van der Waals surface area contributed by atoms with Gasteiger partial charge in [0.2, 0.25) is 11.8 Å². The maximum Gasteiger partial charge on any atom is 0.295 e. The Morgan fingerprint density at radius 1 is 0.609 bits per heavy atom. The molecule has 0 spiro atoms. The fraction of sp³-hybridized carbons (Fsp3) is 0.0625. The number of aromatic hydroxyl groups is 2. The number of aromatic nitrogens is 4. The van der Waals surface area contributed by atoms with E-state index in [1.807, 2.05) is 24.3 Å². The van der Waals surface area contributed by atoms with Crippen molar-refractivity contribution in [2.45, 2.75) is 18.7 Å². The summed E-state index contributed by atoms with van der Waals surface area (Å²) in [5.74, 6) is -0.388. The maximum absolute atomic E-state index is 12.4. The number of hydrogen-bond acceptors (Lipinski definition) is 10. The Hall–Kier alpha value is -5.99. The Morgan fingerprint density at radius 2 is 1.07 bits per heavy atom. The number of azo groups is 2. The van der Waals surface area contributed by atoms with Crippen LogP contribution in [0.1, 0.15) is 11.4 Å². The van der Waals surface area contributed by atoms with Gasteiger partial charge in [-0.25, -0.2) is 0 Å². The summed E-state index contributed by atoms with van der Waals surface area (Å²) in [6, 6.07) is 28.8. The largest absolute Gasteiger partial charge is 0.492 e. The number of hydrogen-bond donors (Lipinski definition) is 3. The summed E-state index contributed by atoms with van der Waals surface area (Å²) in [5.41, 5.74) is 3.76. The summed E-state index contributed by atoms with van der Waals surface area (Å²) in [6.45, 7) is 3.36. The van der Waals surface area contributed by atoms with Crippen LogP contribution in [0.4, 0.5) is 22.7 Å². The van der Waals surface area contributed by atoms with Crippen LogP contribution in [-0.4, -0.2) is 42.7 Å². The molecule has 0 atom stereocenters. The van der Waals surface area contributed by atoms with Gasteiger partial charge in [0, 0.05) is 5.56 Å². The molecule has 3 N–H and O–H groups in total. The van der Waals surface area contributed by atoms with Crippen molar-refractivity contribution in [3.63, 3.8) is 0 Å². The van der Waals surface area contributed by atoms with Crippen molar-refractivity contribution in [3.05, 3.63) is 115 Å². The van der Waals surface area contributed by atoms with Crippen molar-refractivity contribution in [2.75, 3.05) is 0 Å². The van der Waals surface area contributed by atoms with Gasteiger partial charge in [0.15, 0.2) is 11.4 Å². The highest BCUT2D eigenvalue weighted by atomic mass is 32.2. The third kappa shape index (κ3) is 6.02. The van der Waals surface area contributed by atoms with Crippen LogP contribution in [-0.2, 0) is 10.1 Å². The van der Waals surface area contributed by atoms with Crippen molar-refractivity contribution < 1.29 is 23.2 Å². The van der Waals surface area contributed by atoms with E-state index in [0.29, 0.717) is 34.0 Å². The molecular weight excluding hydrogens is 608 g/mol. The third-order valence-electron chi connectivity index (χ3n) is 6.96. The molecule has 0 aliphatic carbocycles. The van der Waals surface area contributed by atoms with Gasteiger partial charge >= 0.3 is 0 Å². The molecule has 0 fully saturated rings. The summed E-state index contributed by atoms with van der Waals surface area (Å²) in [6.07, 6.45) is 0. The van der Waals surface area contributed by atoms with Crippen molar-refractivity contribution in [1.82, 2.24) is 19.6 Å². The fourth-order valence-corrected chi connectivity index (χ4v) is 5.43. The lowest BCUT2D eigenvalue weighted by Crippen LogP contribution is -2.00. The molecule has 230 valence electrons. The summed E-state index contributed by atoms with van der Waals surface area (Å²) in [7, 11) is -4.67. The molecule has 2 heterocycles. The van der Waals surface area contributed by atoms with Gasteiger partial charge < -0.3 is 10.2 Å². The van der Waals surface area contributed by atoms with E-state index < -0.39 is 10.1 Å². The lowest BCUT2D eigenvalue weighted by molar-refractivity contribution is 0.434. The van der Waals surface area contributed by atoms with Crippen LogP contribution in [0.25, 0.3) is 22.5 Å². The minimum Gasteiger partial charge on any atom is -0.492 e. The van der Waals surface area contributed by atoms with Gasteiger partial charge in [-0.05, 0) is 67.9 Å². The molecule has 0 radical (unpaired) electrons. The van der Waals surface area contributed by atoms with Crippen LogP contribution in [0.5, 0.6) is 11.8 Å². The van der Waals surface area contributed by atoms with Crippen molar-refractivity contribution in [3.8, 4) is 34.3 Å². The number of benzene rings is 4. The van der Waals surface area contributed by atoms with Gasteiger partial charge in [-0.1, -0.05) is 54.6 Å². The Morgan fingerprint density at radius 3 is 1.54 bits per heavy atom. The van der Waals surface area contributed by atoms with Gasteiger partial charge in [-0.3, -0.25) is 4.55 Å². The molecule has 13 nitrogen and oxygen atoms in total. The first-order valence-electron chi connectivity index (χ1n) is 13.8. The Kier molecular flexibility index (Phi) is 7.96. The molecule has 4 aromatic carbocycles. The molecule has 46 heavy (non-hydrogen) atoms. The monoisotopic (exact) mass is 634 g/mol. The molecule has 0 amide bonds. The molecule has 14 heteroatoms. The van der Waals surface area contributed by atoms with Crippen LogP contribution in [0.2, 0.25) is 0 Å². The standard InChI is InChI=1S/C32H26N8O5S/c1-20-29(31(41)39(37-20)25-9-5-3-6-10-25)35-33-23-15-13-22(14-16-23)27-18-17-24(19-28(27)46(43,44)45)34-36-30-21(2)38-40(32(30)42)26-11-7-4-8-12-26/h3-19,41-42H,1-2H3,(H,43,44,45)/b35-33+,36-34+. The SMILES string of the molecule is Cc1nn(-c2ccccc2)c(O)c1/N=N/c1ccc(-c2ccc(/N=N/c3c(C)nn(-c4ccccc4)c3O)cc2S(=O)(=O)O)cc1. The fourth-order valence-electron chi connectivity index (χ4n) is 4.69. The Balaban J connectivity index is 1.25. The van der Waals surface area contributed by atoms with Crippen LogP contribution < -0.4 is 0 Å². The van der Waals surface area contributed by atoms with Crippen LogP contribution in [0.15, 0.2) is 128 Å². The zero-order chi connectivity index (χ0) is 32.4. The predicted octanol–water partition coefficient (Wildman–Crippen LogP) is 7.83. The molecule has 0 aliphatic rings. The van der Waals surface area contributed by atoms with Gasteiger partial charge in [0.05, 0.1) is 34.1 Å². The average Bonchev–Trinajstić information content (AvgIpc) is 3.51. The summed E-state index contributed by atoms with van der Waals surface area (Å²) in [5, 5.41) is 46.6. The lowest BCUT2D eigenvalue weighted by Gasteiger charge is -2.08. The van der Waals surface area contributed by atoms with Gasteiger partial charge in [0.1, 0.15) is 4.90 Å². The highest BCUT2D eigenvalue weighted by Gasteiger charge is 2.20. The van der Waals surface area contributed by atoms with Crippen LogP contribution in [0, 0.1) is 13.8 Å². The highest BCUT2D eigenvalue weighted by Crippen LogP contribution is 2.37. The first kappa shape index (κ1) is 30.1. The normalized spacial score (nSPS) is 12.0. The van der Waals surface area contributed by atoms with E-state index in [2.05, 4.69) is 30.7 Å². The van der Waals surface area contributed by atoms with Crippen LogP contribution in [0.3, 0.4) is 0 Å². The number of nitrogens with zero attached hydrogens (tertiary/aromatic N) is 8. The molecule has 0 saturated heterocycles. The molecule has 0 unspecified atom stereocenters. The molecule has 6 aromatic rings. The molecular formula is C32H26N8O5S.